The molecule has 0 bridgehead atoms. The van der Waals surface area contributed by atoms with Gasteiger partial charge >= 0.3 is 0 Å². The Labute approximate surface area is 106 Å². The molecule has 4 heteroatoms. The van der Waals surface area contributed by atoms with Crippen LogP contribution in [0.15, 0.2) is 36.5 Å². The quantitative estimate of drug-likeness (QED) is 0.818. The fourth-order valence-electron chi connectivity index (χ4n) is 2.33. The second kappa shape index (κ2) is 4.74. The number of aromatic nitrogens is 1. The van der Waals surface area contributed by atoms with Crippen LogP contribution in [0.25, 0.3) is 10.9 Å². The van der Waals surface area contributed by atoms with E-state index >= 15 is 0 Å². The van der Waals surface area contributed by atoms with E-state index in [0.717, 1.165) is 42.6 Å². The predicted octanol–water partition coefficient (Wildman–Crippen LogP) is 1.28. The van der Waals surface area contributed by atoms with Crippen LogP contribution < -0.4 is 5.32 Å². The number of rotatable bonds is 1. The zero-order chi connectivity index (χ0) is 12.4. The van der Waals surface area contributed by atoms with Gasteiger partial charge in [0.2, 0.25) is 0 Å². The van der Waals surface area contributed by atoms with Crippen LogP contribution in [0.3, 0.4) is 0 Å². The molecule has 0 radical (unpaired) electrons. The minimum absolute atomic E-state index is 0.107. The third kappa shape index (κ3) is 1.95. The molecule has 1 amide bonds. The standard InChI is InChI=1S/C14H15N3O/c18-14(17-9-7-15-8-10-17)12-3-1-5-13-11(12)4-2-6-16-13/h1-6,15H,7-10H2. The van der Waals surface area contributed by atoms with Crippen molar-refractivity contribution in [1.82, 2.24) is 15.2 Å². The Morgan fingerprint density at radius 2 is 2.00 bits per heavy atom. The summed E-state index contributed by atoms with van der Waals surface area (Å²) >= 11 is 0. The highest BCUT2D eigenvalue weighted by Gasteiger charge is 2.19. The zero-order valence-corrected chi connectivity index (χ0v) is 10.1. The number of piperazine rings is 1. The number of pyridine rings is 1. The van der Waals surface area contributed by atoms with Crippen molar-refractivity contribution in [2.24, 2.45) is 0 Å². The number of hydrogen-bond acceptors (Lipinski definition) is 3. The predicted molar refractivity (Wildman–Crippen MR) is 70.5 cm³/mol. The van der Waals surface area contributed by atoms with Crippen LogP contribution in [-0.4, -0.2) is 42.0 Å². The topological polar surface area (TPSA) is 45.2 Å². The van der Waals surface area contributed by atoms with Gasteiger partial charge in [0.05, 0.1) is 5.52 Å². The summed E-state index contributed by atoms with van der Waals surface area (Å²) in [5.41, 5.74) is 1.63. The van der Waals surface area contributed by atoms with E-state index in [2.05, 4.69) is 10.3 Å². The molecular weight excluding hydrogens is 226 g/mol. The lowest BCUT2D eigenvalue weighted by atomic mass is 10.1. The Balaban J connectivity index is 2.00. The number of carbonyl (C=O) groups is 1. The second-order valence-corrected chi connectivity index (χ2v) is 4.42. The minimum Gasteiger partial charge on any atom is -0.336 e. The van der Waals surface area contributed by atoms with Crippen molar-refractivity contribution in [3.8, 4) is 0 Å². The van der Waals surface area contributed by atoms with Gasteiger partial charge in [-0.15, -0.1) is 0 Å². The molecule has 0 spiro atoms. The fourth-order valence-corrected chi connectivity index (χ4v) is 2.33. The Morgan fingerprint density at radius 3 is 2.83 bits per heavy atom. The zero-order valence-electron chi connectivity index (χ0n) is 10.1. The molecule has 0 unspecified atom stereocenters. The van der Waals surface area contributed by atoms with Gasteiger partial charge in [-0.25, -0.2) is 0 Å². The van der Waals surface area contributed by atoms with E-state index in [9.17, 15) is 4.79 Å². The maximum Gasteiger partial charge on any atom is 0.254 e. The Morgan fingerprint density at radius 1 is 1.17 bits per heavy atom. The first-order valence-corrected chi connectivity index (χ1v) is 6.20. The molecule has 4 nitrogen and oxygen atoms in total. The molecule has 0 saturated carbocycles. The molecule has 1 saturated heterocycles. The molecular formula is C14H15N3O. The van der Waals surface area contributed by atoms with Crippen molar-refractivity contribution < 1.29 is 4.79 Å². The van der Waals surface area contributed by atoms with E-state index in [0.29, 0.717) is 0 Å². The summed E-state index contributed by atoms with van der Waals surface area (Å²) in [4.78, 5) is 18.7. The summed E-state index contributed by atoms with van der Waals surface area (Å²) in [6.45, 7) is 3.29. The highest BCUT2D eigenvalue weighted by molar-refractivity contribution is 6.06. The third-order valence-corrected chi connectivity index (χ3v) is 3.28. The molecule has 1 fully saturated rings. The van der Waals surface area contributed by atoms with Crippen molar-refractivity contribution in [3.63, 3.8) is 0 Å². The average Bonchev–Trinajstić information content (AvgIpc) is 2.47. The highest BCUT2D eigenvalue weighted by atomic mass is 16.2. The van der Waals surface area contributed by atoms with Gasteiger partial charge in [-0.2, -0.15) is 0 Å². The summed E-state index contributed by atoms with van der Waals surface area (Å²) in [6, 6.07) is 9.54. The molecule has 18 heavy (non-hydrogen) atoms. The molecule has 2 heterocycles. The number of nitrogens with one attached hydrogen (secondary N) is 1. The summed E-state index contributed by atoms with van der Waals surface area (Å²) in [6.07, 6.45) is 1.75. The molecule has 2 aromatic rings. The highest BCUT2D eigenvalue weighted by Crippen LogP contribution is 2.18. The maximum absolute atomic E-state index is 12.5. The molecule has 1 aliphatic rings. The van der Waals surface area contributed by atoms with Gasteiger partial charge in [-0.3, -0.25) is 9.78 Å². The van der Waals surface area contributed by atoms with Crippen molar-refractivity contribution in [2.75, 3.05) is 26.2 Å². The first-order valence-electron chi connectivity index (χ1n) is 6.20. The van der Waals surface area contributed by atoms with Gasteiger partial charge in [0.25, 0.3) is 5.91 Å². The summed E-state index contributed by atoms with van der Waals surface area (Å²) < 4.78 is 0. The Hall–Kier alpha value is -1.94. The SMILES string of the molecule is O=C(c1cccc2ncccc12)N1CCNCC1. The molecule has 92 valence electrons. The van der Waals surface area contributed by atoms with Crippen molar-refractivity contribution in [2.45, 2.75) is 0 Å². The van der Waals surface area contributed by atoms with Crippen LogP contribution in [-0.2, 0) is 0 Å². The normalized spacial score (nSPS) is 15.9. The number of hydrogen-bond donors (Lipinski definition) is 1. The van der Waals surface area contributed by atoms with Gasteiger partial charge in [-0.1, -0.05) is 12.1 Å². The molecule has 1 aromatic heterocycles. The van der Waals surface area contributed by atoms with Gasteiger partial charge in [-0.05, 0) is 18.2 Å². The van der Waals surface area contributed by atoms with Crippen LogP contribution >= 0.6 is 0 Å². The van der Waals surface area contributed by atoms with E-state index in [1.165, 1.54) is 0 Å². The van der Waals surface area contributed by atoms with E-state index in [4.69, 9.17) is 0 Å². The van der Waals surface area contributed by atoms with Gasteiger partial charge in [0.15, 0.2) is 0 Å². The Kier molecular flexibility index (Phi) is 2.94. The second-order valence-electron chi connectivity index (χ2n) is 4.42. The van der Waals surface area contributed by atoms with Crippen LogP contribution in [0, 0.1) is 0 Å². The molecule has 1 aromatic carbocycles. The third-order valence-electron chi connectivity index (χ3n) is 3.28. The fraction of sp³-hybridized carbons (Fsp3) is 0.286. The number of carbonyl (C=O) groups excluding carboxylic acids is 1. The van der Waals surface area contributed by atoms with E-state index in [-0.39, 0.29) is 5.91 Å². The number of nitrogens with zero attached hydrogens (tertiary/aromatic N) is 2. The van der Waals surface area contributed by atoms with Crippen LogP contribution in [0.4, 0.5) is 0 Å². The first-order chi connectivity index (χ1) is 8.86. The molecule has 1 N–H and O–H groups in total. The lowest BCUT2D eigenvalue weighted by Crippen LogP contribution is -2.46. The lowest BCUT2D eigenvalue weighted by Gasteiger charge is -2.27. The van der Waals surface area contributed by atoms with Gasteiger partial charge in [0.1, 0.15) is 0 Å². The van der Waals surface area contributed by atoms with E-state index < -0.39 is 0 Å². The molecule has 1 aliphatic heterocycles. The summed E-state index contributed by atoms with van der Waals surface area (Å²) in [5, 5.41) is 4.19. The molecule has 0 atom stereocenters. The minimum atomic E-state index is 0.107. The van der Waals surface area contributed by atoms with Gasteiger partial charge in [0, 0.05) is 43.3 Å². The summed E-state index contributed by atoms with van der Waals surface area (Å²) in [5.74, 6) is 0.107. The van der Waals surface area contributed by atoms with E-state index in [1.54, 1.807) is 6.20 Å². The number of fused-ring (bicyclic) bond motifs is 1. The van der Waals surface area contributed by atoms with Crippen LogP contribution in [0.5, 0.6) is 0 Å². The molecule has 0 aliphatic carbocycles. The van der Waals surface area contributed by atoms with Crippen molar-refractivity contribution >= 4 is 16.8 Å². The van der Waals surface area contributed by atoms with Crippen LogP contribution in [0.1, 0.15) is 10.4 Å². The van der Waals surface area contributed by atoms with Crippen molar-refractivity contribution in [1.29, 1.82) is 0 Å². The monoisotopic (exact) mass is 241 g/mol. The van der Waals surface area contributed by atoms with Crippen molar-refractivity contribution in [3.05, 3.63) is 42.1 Å². The molecule has 3 rings (SSSR count). The number of benzene rings is 1. The maximum atomic E-state index is 12.5. The smallest absolute Gasteiger partial charge is 0.254 e. The Bertz CT molecular complexity index is 571. The van der Waals surface area contributed by atoms with Crippen LogP contribution in [0.2, 0.25) is 0 Å². The average molecular weight is 241 g/mol. The first kappa shape index (κ1) is 11.2. The largest absolute Gasteiger partial charge is 0.336 e. The van der Waals surface area contributed by atoms with Gasteiger partial charge < -0.3 is 10.2 Å². The van der Waals surface area contributed by atoms with E-state index in [1.807, 2.05) is 35.2 Å². The summed E-state index contributed by atoms with van der Waals surface area (Å²) in [7, 11) is 0. The number of amides is 1. The lowest BCUT2D eigenvalue weighted by molar-refractivity contribution is 0.0738.